The van der Waals surface area contributed by atoms with Crippen molar-refractivity contribution < 1.29 is 22.6 Å². The van der Waals surface area contributed by atoms with E-state index in [1.54, 1.807) is 0 Å². The van der Waals surface area contributed by atoms with Crippen molar-refractivity contribution in [3.63, 3.8) is 0 Å². The summed E-state index contributed by atoms with van der Waals surface area (Å²) in [5.74, 6) is -0.681. The lowest BCUT2D eigenvalue weighted by Crippen LogP contribution is -2.17. The standard InChI is InChI=1S/C13H23F3O2/c1-4-6-7-12(5-2)10-17-8-9-18-11(3)13(14,15)16/h12H,3-10H2,1-2H3. The zero-order valence-electron chi connectivity index (χ0n) is 11.2. The molecule has 0 aliphatic heterocycles. The van der Waals surface area contributed by atoms with Crippen LogP contribution in [0.5, 0.6) is 0 Å². The molecular weight excluding hydrogens is 245 g/mol. The number of hydrogen-bond acceptors (Lipinski definition) is 2. The van der Waals surface area contributed by atoms with Crippen LogP contribution < -0.4 is 0 Å². The topological polar surface area (TPSA) is 18.5 Å². The molecule has 0 amide bonds. The Morgan fingerprint density at radius 1 is 1.22 bits per heavy atom. The summed E-state index contributed by atoms with van der Waals surface area (Å²) in [5, 5.41) is 0. The third-order valence-corrected chi connectivity index (χ3v) is 2.72. The molecule has 0 rings (SSSR count). The Labute approximate surface area is 107 Å². The number of rotatable bonds is 10. The van der Waals surface area contributed by atoms with E-state index in [9.17, 15) is 13.2 Å². The fourth-order valence-electron chi connectivity index (χ4n) is 1.45. The molecule has 0 aromatic carbocycles. The predicted molar refractivity (Wildman–Crippen MR) is 65.3 cm³/mol. The number of ether oxygens (including phenoxy) is 2. The van der Waals surface area contributed by atoms with Crippen LogP contribution >= 0.6 is 0 Å². The van der Waals surface area contributed by atoms with Gasteiger partial charge in [-0.05, 0) is 12.3 Å². The van der Waals surface area contributed by atoms with Crippen molar-refractivity contribution in [1.82, 2.24) is 0 Å². The van der Waals surface area contributed by atoms with Gasteiger partial charge in [0.1, 0.15) is 6.61 Å². The first-order chi connectivity index (χ1) is 8.41. The van der Waals surface area contributed by atoms with Gasteiger partial charge in [0.05, 0.1) is 6.61 Å². The van der Waals surface area contributed by atoms with Gasteiger partial charge in [-0.3, -0.25) is 0 Å². The van der Waals surface area contributed by atoms with E-state index >= 15 is 0 Å². The van der Waals surface area contributed by atoms with Gasteiger partial charge in [0.15, 0.2) is 5.76 Å². The number of allylic oxidation sites excluding steroid dienone is 1. The van der Waals surface area contributed by atoms with E-state index in [4.69, 9.17) is 4.74 Å². The number of halogens is 3. The van der Waals surface area contributed by atoms with Crippen LogP contribution in [0.4, 0.5) is 13.2 Å². The summed E-state index contributed by atoms with van der Waals surface area (Å²) >= 11 is 0. The van der Waals surface area contributed by atoms with Gasteiger partial charge in [-0.25, -0.2) is 0 Å². The monoisotopic (exact) mass is 268 g/mol. The minimum absolute atomic E-state index is 0.109. The molecule has 108 valence electrons. The fourth-order valence-corrected chi connectivity index (χ4v) is 1.45. The van der Waals surface area contributed by atoms with Gasteiger partial charge < -0.3 is 9.47 Å². The smallest absolute Gasteiger partial charge is 0.448 e. The largest absolute Gasteiger partial charge is 0.487 e. The highest BCUT2D eigenvalue weighted by molar-refractivity contribution is 4.91. The first kappa shape index (κ1) is 17.3. The second-order valence-electron chi connectivity index (χ2n) is 4.26. The molecule has 0 N–H and O–H groups in total. The molecule has 0 saturated heterocycles. The van der Waals surface area contributed by atoms with Gasteiger partial charge in [-0.2, -0.15) is 13.2 Å². The molecule has 0 aromatic rings. The van der Waals surface area contributed by atoms with Gasteiger partial charge in [0, 0.05) is 6.61 Å². The predicted octanol–water partition coefficient (Wildman–Crippen LogP) is 4.31. The van der Waals surface area contributed by atoms with Crippen molar-refractivity contribution in [3.8, 4) is 0 Å². The minimum Gasteiger partial charge on any atom is -0.487 e. The van der Waals surface area contributed by atoms with Crippen LogP contribution in [0.1, 0.15) is 39.5 Å². The molecule has 0 aliphatic carbocycles. The zero-order chi connectivity index (χ0) is 14.0. The van der Waals surface area contributed by atoms with Crippen LogP contribution in [0.2, 0.25) is 0 Å². The summed E-state index contributed by atoms with van der Waals surface area (Å²) in [6.45, 7) is 7.67. The Hall–Kier alpha value is -0.710. The maximum Gasteiger partial charge on any atom is 0.448 e. The first-order valence-corrected chi connectivity index (χ1v) is 6.38. The average molecular weight is 268 g/mol. The molecule has 0 saturated carbocycles. The lowest BCUT2D eigenvalue weighted by molar-refractivity contribution is -0.133. The number of hydrogen-bond donors (Lipinski definition) is 0. The molecular formula is C13H23F3O2. The van der Waals surface area contributed by atoms with Gasteiger partial charge in [-0.15, -0.1) is 0 Å². The summed E-state index contributed by atoms with van der Waals surface area (Å²) in [4.78, 5) is 0. The van der Waals surface area contributed by atoms with Gasteiger partial charge in [0.2, 0.25) is 0 Å². The van der Waals surface area contributed by atoms with Gasteiger partial charge in [0.25, 0.3) is 0 Å². The lowest BCUT2D eigenvalue weighted by atomic mass is 10.0. The number of unbranched alkanes of at least 4 members (excludes halogenated alkanes) is 1. The molecule has 0 spiro atoms. The number of alkyl halides is 3. The van der Waals surface area contributed by atoms with Crippen molar-refractivity contribution in [2.75, 3.05) is 19.8 Å². The highest BCUT2D eigenvalue weighted by atomic mass is 19.4. The van der Waals surface area contributed by atoms with E-state index < -0.39 is 11.9 Å². The molecule has 0 bridgehead atoms. The van der Waals surface area contributed by atoms with Crippen molar-refractivity contribution in [2.45, 2.75) is 45.7 Å². The third kappa shape index (κ3) is 8.39. The molecule has 1 atom stereocenters. The third-order valence-electron chi connectivity index (χ3n) is 2.72. The SMILES string of the molecule is C=C(OCCOCC(CC)CCCC)C(F)(F)F. The maximum absolute atomic E-state index is 12.0. The van der Waals surface area contributed by atoms with Crippen LogP contribution in [0.25, 0.3) is 0 Å². The van der Waals surface area contributed by atoms with Crippen molar-refractivity contribution in [1.29, 1.82) is 0 Å². The van der Waals surface area contributed by atoms with Gasteiger partial charge in [-0.1, -0.05) is 39.7 Å². The Morgan fingerprint density at radius 3 is 2.39 bits per heavy atom. The lowest BCUT2D eigenvalue weighted by Gasteiger charge is -2.15. The Bertz CT molecular complexity index is 227. The molecule has 0 fully saturated rings. The quantitative estimate of drug-likeness (QED) is 0.434. The summed E-state index contributed by atoms with van der Waals surface area (Å²) < 4.78 is 45.8. The molecule has 0 heterocycles. The van der Waals surface area contributed by atoms with E-state index in [1.165, 1.54) is 0 Å². The molecule has 0 radical (unpaired) electrons. The van der Waals surface area contributed by atoms with Crippen molar-refractivity contribution in [2.24, 2.45) is 5.92 Å². The second kappa shape index (κ2) is 9.25. The zero-order valence-corrected chi connectivity index (χ0v) is 11.2. The Balaban J connectivity index is 3.57. The summed E-state index contributed by atoms with van der Waals surface area (Å²) in [7, 11) is 0. The van der Waals surface area contributed by atoms with E-state index in [1.807, 2.05) is 0 Å². The van der Waals surface area contributed by atoms with Crippen LogP contribution in [-0.2, 0) is 9.47 Å². The average Bonchev–Trinajstić information content (AvgIpc) is 2.31. The molecule has 5 heteroatoms. The Morgan fingerprint density at radius 2 is 1.89 bits per heavy atom. The van der Waals surface area contributed by atoms with Crippen LogP contribution in [0.3, 0.4) is 0 Å². The fraction of sp³-hybridized carbons (Fsp3) is 0.846. The minimum atomic E-state index is -4.48. The normalized spacial score (nSPS) is 13.4. The molecule has 18 heavy (non-hydrogen) atoms. The first-order valence-electron chi connectivity index (χ1n) is 6.38. The van der Waals surface area contributed by atoms with E-state index in [0.29, 0.717) is 12.5 Å². The highest BCUT2D eigenvalue weighted by Gasteiger charge is 2.33. The molecule has 0 aromatic heterocycles. The van der Waals surface area contributed by atoms with Crippen LogP contribution in [0, 0.1) is 5.92 Å². The molecule has 1 unspecified atom stereocenters. The molecule has 2 nitrogen and oxygen atoms in total. The van der Waals surface area contributed by atoms with Crippen LogP contribution in [0.15, 0.2) is 12.3 Å². The van der Waals surface area contributed by atoms with Crippen molar-refractivity contribution in [3.05, 3.63) is 12.3 Å². The Kier molecular flexibility index (Phi) is 8.89. The highest BCUT2D eigenvalue weighted by Crippen LogP contribution is 2.24. The van der Waals surface area contributed by atoms with E-state index in [-0.39, 0.29) is 13.2 Å². The summed E-state index contributed by atoms with van der Waals surface area (Å²) in [5.41, 5.74) is 0. The maximum atomic E-state index is 12.0. The van der Waals surface area contributed by atoms with Crippen molar-refractivity contribution >= 4 is 0 Å². The summed E-state index contributed by atoms with van der Waals surface area (Å²) in [6, 6.07) is 0. The second-order valence-corrected chi connectivity index (χ2v) is 4.26. The van der Waals surface area contributed by atoms with Crippen LogP contribution in [-0.4, -0.2) is 26.0 Å². The summed E-state index contributed by atoms with van der Waals surface area (Å²) in [6.07, 6.45) is -0.0550. The van der Waals surface area contributed by atoms with Gasteiger partial charge >= 0.3 is 6.18 Å². The van der Waals surface area contributed by atoms with E-state index in [0.717, 1.165) is 25.7 Å². The molecule has 0 aliphatic rings. The van der Waals surface area contributed by atoms with E-state index in [2.05, 4.69) is 25.2 Å².